The highest BCUT2D eigenvalue weighted by Gasteiger charge is 2.30. The van der Waals surface area contributed by atoms with E-state index in [2.05, 4.69) is 51.6 Å². The van der Waals surface area contributed by atoms with Crippen LogP contribution in [0.3, 0.4) is 0 Å². The second-order valence-corrected chi connectivity index (χ2v) is 6.91. The molecule has 102 valence electrons. The van der Waals surface area contributed by atoms with Gasteiger partial charge in [-0.2, -0.15) is 0 Å². The van der Waals surface area contributed by atoms with Gasteiger partial charge in [-0.25, -0.2) is 0 Å². The first-order valence-corrected chi connectivity index (χ1v) is 8.56. The third-order valence-corrected chi connectivity index (χ3v) is 5.63. The van der Waals surface area contributed by atoms with Crippen molar-refractivity contribution in [3.63, 3.8) is 0 Å². The summed E-state index contributed by atoms with van der Waals surface area (Å²) in [5, 5.41) is 5.60. The fourth-order valence-corrected chi connectivity index (χ4v) is 4.71. The Morgan fingerprint density at radius 1 is 1.50 bits per heavy atom. The lowest BCUT2D eigenvalue weighted by Gasteiger charge is -2.33. The van der Waals surface area contributed by atoms with E-state index in [1.165, 1.54) is 35.2 Å². The highest BCUT2D eigenvalue weighted by Crippen LogP contribution is 2.38. The van der Waals surface area contributed by atoms with E-state index >= 15 is 0 Å². The lowest BCUT2D eigenvalue weighted by Crippen LogP contribution is -2.35. The van der Waals surface area contributed by atoms with Crippen molar-refractivity contribution in [1.82, 2.24) is 10.2 Å². The average molecular weight is 331 g/mol. The van der Waals surface area contributed by atoms with Crippen molar-refractivity contribution < 1.29 is 0 Å². The van der Waals surface area contributed by atoms with Crippen LogP contribution in [0.25, 0.3) is 0 Å². The summed E-state index contributed by atoms with van der Waals surface area (Å²) in [6, 6.07) is 2.91. The Bertz CT molecular complexity index is 366. The Labute approximate surface area is 123 Å². The van der Waals surface area contributed by atoms with Crippen molar-refractivity contribution in [2.75, 3.05) is 26.7 Å². The van der Waals surface area contributed by atoms with E-state index in [0.717, 1.165) is 19.0 Å². The average Bonchev–Trinajstić information content (AvgIpc) is 2.68. The standard InChI is InChI=1S/C14H23BrN2S/c1-3-17-7-5-4-6-11(9-16-2)14(17)13-8-12(15)10-18-13/h8,10-11,14,16H,3-7,9H2,1-2H3. The number of nitrogens with zero attached hydrogens (tertiary/aromatic N) is 1. The monoisotopic (exact) mass is 330 g/mol. The molecule has 2 unspecified atom stereocenters. The van der Waals surface area contributed by atoms with Gasteiger partial charge in [-0.1, -0.05) is 13.3 Å². The maximum Gasteiger partial charge on any atom is 0.0482 e. The zero-order valence-electron chi connectivity index (χ0n) is 11.3. The SMILES string of the molecule is CCN1CCCCC(CNC)C1c1cc(Br)cs1. The third kappa shape index (κ3) is 3.35. The molecule has 2 nitrogen and oxygen atoms in total. The summed E-state index contributed by atoms with van der Waals surface area (Å²) in [6.07, 6.45) is 4.06. The molecule has 18 heavy (non-hydrogen) atoms. The normalized spacial score (nSPS) is 26.2. The number of rotatable bonds is 4. The summed E-state index contributed by atoms with van der Waals surface area (Å²) in [5.41, 5.74) is 0. The number of likely N-dealkylation sites (tertiary alicyclic amines) is 1. The molecule has 1 aliphatic rings. The van der Waals surface area contributed by atoms with E-state index in [0.29, 0.717) is 6.04 Å². The molecule has 0 amide bonds. The van der Waals surface area contributed by atoms with Crippen LogP contribution in [0.5, 0.6) is 0 Å². The predicted molar refractivity (Wildman–Crippen MR) is 83.3 cm³/mol. The van der Waals surface area contributed by atoms with E-state index < -0.39 is 0 Å². The van der Waals surface area contributed by atoms with Crippen molar-refractivity contribution in [2.45, 2.75) is 32.2 Å². The van der Waals surface area contributed by atoms with Crippen molar-refractivity contribution in [3.8, 4) is 0 Å². The maximum atomic E-state index is 3.60. The lowest BCUT2D eigenvalue weighted by atomic mass is 9.93. The summed E-state index contributed by atoms with van der Waals surface area (Å²) in [7, 11) is 2.07. The minimum atomic E-state index is 0.598. The molecular weight excluding hydrogens is 308 g/mol. The first-order chi connectivity index (χ1) is 8.76. The summed E-state index contributed by atoms with van der Waals surface area (Å²) < 4.78 is 1.23. The predicted octanol–water partition coefficient (Wildman–Crippen LogP) is 3.89. The third-order valence-electron chi connectivity index (χ3n) is 3.86. The van der Waals surface area contributed by atoms with Crippen LogP contribution >= 0.6 is 27.3 Å². The largest absolute Gasteiger partial charge is 0.319 e. The van der Waals surface area contributed by atoms with Crippen LogP contribution in [0.4, 0.5) is 0 Å². The van der Waals surface area contributed by atoms with Gasteiger partial charge in [-0.05, 0) is 67.4 Å². The van der Waals surface area contributed by atoms with Gasteiger partial charge in [-0.15, -0.1) is 11.3 Å². The van der Waals surface area contributed by atoms with Gasteiger partial charge in [0.05, 0.1) is 0 Å². The van der Waals surface area contributed by atoms with E-state index in [1.807, 2.05) is 11.3 Å². The van der Waals surface area contributed by atoms with Crippen molar-refractivity contribution in [2.24, 2.45) is 5.92 Å². The van der Waals surface area contributed by atoms with Crippen LogP contribution in [0, 0.1) is 5.92 Å². The summed E-state index contributed by atoms with van der Waals surface area (Å²) >= 11 is 5.49. The van der Waals surface area contributed by atoms with Gasteiger partial charge in [-0.3, -0.25) is 4.90 Å². The van der Waals surface area contributed by atoms with Gasteiger partial charge >= 0.3 is 0 Å². The van der Waals surface area contributed by atoms with Crippen LogP contribution in [0.1, 0.15) is 37.1 Å². The Morgan fingerprint density at radius 2 is 2.33 bits per heavy atom. The summed E-state index contributed by atoms with van der Waals surface area (Å²) in [6.45, 7) is 5.81. The fourth-order valence-electron chi connectivity index (χ4n) is 3.04. The second kappa shape index (κ2) is 7.04. The van der Waals surface area contributed by atoms with Gasteiger partial charge in [0.1, 0.15) is 0 Å². The van der Waals surface area contributed by atoms with Crippen LogP contribution in [-0.4, -0.2) is 31.6 Å². The van der Waals surface area contributed by atoms with Gasteiger partial charge in [0.15, 0.2) is 0 Å². The Morgan fingerprint density at radius 3 is 2.94 bits per heavy atom. The molecule has 2 heterocycles. The fraction of sp³-hybridized carbons (Fsp3) is 0.714. The quantitative estimate of drug-likeness (QED) is 0.900. The molecule has 0 saturated carbocycles. The van der Waals surface area contributed by atoms with E-state index in [4.69, 9.17) is 0 Å². The molecule has 2 atom stereocenters. The Hall–Kier alpha value is 0.1000. The summed E-state index contributed by atoms with van der Waals surface area (Å²) in [5.74, 6) is 0.739. The van der Waals surface area contributed by atoms with Gasteiger partial charge in [0, 0.05) is 20.8 Å². The lowest BCUT2D eigenvalue weighted by molar-refractivity contribution is 0.165. The van der Waals surface area contributed by atoms with Crippen LogP contribution < -0.4 is 5.32 Å². The molecule has 4 heteroatoms. The molecule has 0 bridgehead atoms. The molecule has 0 radical (unpaired) electrons. The molecule has 1 saturated heterocycles. The summed E-state index contributed by atoms with van der Waals surface area (Å²) in [4.78, 5) is 4.18. The van der Waals surface area contributed by atoms with Crippen molar-refractivity contribution in [3.05, 3.63) is 20.8 Å². The Balaban J connectivity index is 2.25. The molecule has 2 rings (SSSR count). The molecule has 1 fully saturated rings. The first-order valence-electron chi connectivity index (χ1n) is 6.88. The highest BCUT2D eigenvalue weighted by atomic mass is 79.9. The van der Waals surface area contributed by atoms with Crippen molar-refractivity contribution in [1.29, 1.82) is 0 Å². The number of hydrogen-bond acceptors (Lipinski definition) is 3. The molecule has 0 aliphatic carbocycles. The van der Waals surface area contributed by atoms with Crippen molar-refractivity contribution >= 4 is 27.3 Å². The molecular formula is C14H23BrN2S. The minimum absolute atomic E-state index is 0.598. The second-order valence-electron chi connectivity index (χ2n) is 5.05. The molecule has 1 aromatic heterocycles. The zero-order valence-corrected chi connectivity index (χ0v) is 13.7. The maximum absolute atomic E-state index is 3.60. The van der Waals surface area contributed by atoms with E-state index in [1.54, 1.807) is 0 Å². The van der Waals surface area contributed by atoms with E-state index in [9.17, 15) is 0 Å². The number of hydrogen-bond donors (Lipinski definition) is 1. The van der Waals surface area contributed by atoms with Crippen LogP contribution in [0.15, 0.2) is 15.9 Å². The van der Waals surface area contributed by atoms with Crippen LogP contribution in [0.2, 0.25) is 0 Å². The molecule has 0 aromatic carbocycles. The number of thiophene rings is 1. The van der Waals surface area contributed by atoms with E-state index in [-0.39, 0.29) is 0 Å². The van der Waals surface area contributed by atoms with Crippen LogP contribution in [-0.2, 0) is 0 Å². The topological polar surface area (TPSA) is 15.3 Å². The Kier molecular flexibility index (Phi) is 5.67. The smallest absolute Gasteiger partial charge is 0.0482 e. The van der Waals surface area contributed by atoms with Gasteiger partial charge in [0.2, 0.25) is 0 Å². The first kappa shape index (κ1) is 14.5. The zero-order chi connectivity index (χ0) is 13.0. The minimum Gasteiger partial charge on any atom is -0.319 e. The van der Waals surface area contributed by atoms with Gasteiger partial charge in [0.25, 0.3) is 0 Å². The number of nitrogens with one attached hydrogen (secondary N) is 1. The van der Waals surface area contributed by atoms with Gasteiger partial charge < -0.3 is 5.32 Å². The molecule has 1 aliphatic heterocycles. The molecule has 1 N–H and O–H groups in total. The molecule has 1 aromatic rings. The number of halogens is 1. The molecule has 0 spiro atoms. The highest BCUT2D eigenvalue weighted by molar-refractivity contribution is 9.10.